The fourth-order valence-electron chi connectivity index (χ4n) is 2.30. The van der Waals surface area contributed by atoms with E-state index in [9.17, 15) is 8.76 Å². The highest BCUT2D eigenvalue weighted by molar-refractivity contribution is 7.79. The Kier molecular flexibility index (Phi) is 5.84. The van der Waals surface area contributed by atoms with Gasteiger partial charge < -0.3 is 14.6 Å². The number of nitrogens with one attached hydrogen (secondary N) is 1. The lowest BCUT2D eigenvalue weighted by atomic mass is 10.2. The maximum Gasteiger partial charge on any atom is 0.186 e. The molecule has 0 aliphatic rings. The maximum absolute atomic E-state index is 11.5. The maximum atomic E-state index is 11.5. The second kappa shape index (κ2) is 8.48. The van der Waals surface area contributed by atoms with E-state index < -0.39 is 11.1 Å². The average Bonchev–Trinajstić information content (AvgIpc) is 2.63. The van der Waals surface area contributed by atoms with Crippen LogP contribution in [-0.4, -0.2) is 18.7 Å². The monoisotopic (exact) mass is 355 g/mol. The summed E-state index contributed by atoms with van der Waals surface area (Å²) in [6.07, 6.45) is 5.00. The molecule has 3 aromatic rings. The van der Waals surface area contributed by atoms with Crippen molar-refractivity contribution >= 4 is 11.1 Å². The number of benzene rings is 1. The number of rotatable bonds is 7. The van der Waals surface area contributed by atoms with Gasteiger partial charge in [-0.1, -0.05) is 6.07 Å². The average molecular weight is 355 g/mol. The summed E-state index contributed by atoms with van der Waals surface area (Å²) in [5.74, 6) is 1.18. The molecule has 3 rings (SSSR count). The summed E-state index contributed by atoms with van der Waals surface area (Å²) in [6.45, 7) is 0.981. The molecule has 0 saturated carbocycles. The quantitative estimate of drug-likeness (QED) is 0.634. The normalized spacial score (nSPS) is 11.9. The van der Waals surface area contributed by atoms with Gasteiger partial charge in [0.25, 0.3) is 0 Å². The highest BCUT2D eigenvalue weighted by atomic mass is 32.2. The largest absolute Gasteiger partial charge is 0.456 e. The molecule has 0 aliphatic carbocycles. The minimum atomic E-state index is -2.07. The van der Waals surface area contributed by atoms with Gasteiger partial charge in [-0.25, -0.2) is 4.21 Å². The number of pyridine rings is 2. The zero-order chi connectivity index (χ0) is 17.5. The van der Waals surface area contributed by atoms with Crippen LogP contribution in [0.2, 0.25) is 0 Å². The van der Waals surface area contributed by atoms with Crippen LogP contribution < -0.4 is 10.1 Å². The van der Waals surface area contributed by atoms with Crippen molar-refractivity contribution in [3.05, 3.63) is 78.4 Å². The van der Waals surface area contributed by atoms with Gasteiger partial charge in [0, 0.05) is 25.5 Å². The van der Waals surface area contributed by atoms with Crippen LogP contribution in [0.5, 0.6) is 11.5 Å². The first-order valence-corrected chi connectivity index (χ1v) is 8.75. The third-order valence-corrected chi connectivity index (χ3v) is 4.21. The molecule has 0 saturated heterocycles. The van der Waals surface area contributed by atoms with Crippen LogP contribution in [0.1, 0.15) is 11.3 Å². The molecule has 0 fully saturated rings. The van der Waals surface area contributed by atoms with E-state index in [0.717, 1.165) is 5.69 Å². The molecule has 128 valence electrons. The number of nitrogens with zero attached hydrogens (tertiary/aromatic N) is 2. The van der Waals surface area contributed by atoms with Gasteiger partial charge in [0.1, 0.15) is 11.5 Å². The van der Waals surface area contributed by atoms with Gasteiger partial charge >= 0.3 is 0 Å². The van der Waals surface area contributed by atoms with Crippen molar-refractivity contribution in [1.82, 2.24) is 15.3 Å². The van der Waals surface area contributed by atoms with Gasteiger partial charge in [-0.05, 0) is 48.0 Å². The van der Waals surface area contributed by atoms with E-state index in [1.54, 1.807) is 48.9 Å². The highest BCUT2D eigenvalue weighted by Crippen LogP contribution is 2.25. The van der Waals surface area contributed by atoms with Gasteiger partial charge in [-0.15, -0.1) is 0 Å². The fraction of sp³-hybridized carbons (Fsp3) is 0.111. The molecule has 0 aliphatic heterocycles. The zero-order valence-corrected chi connectivity index (χ0v) is 14.1. The molecule has 2 N–H and O–H groups in total. The van der Waals surface area contributed by atoms with Crippen molar-refractivity contribution in [2.75, 3.05) is 0 Å². The smallest absolute Gasteiger partial charge is 0.186 e. The molecular weight excluding hydrogens is 338 g/mol. The summed E-state index contributed by atoms with van der Waals surface area (Å²) in [7, 11) is 0. The highest BCUT2D eigenvalue weighted by Gasteiger charge is 2.10. The first-order valence-electron chi connectivity index (χ1n) is 7.64. The Hall–Kier alpha value is -2.61. The molecule has 1 atom stereocenters. The van der Waals surface area contributed by atoms with Gasteiger partial charge in [0.05, 0.1) is 16.8 Å². The Labute approximate surface area is 148 Å². The van der Waals surface area contributed by atoms with Crippen molar-refractivity contribution in [2.24, 2.45) is 0 Å². The van der Waals surface area contributed by atoms with Crippen LogP contribution in [0, 0.1) is 0 Å². The molecule has 0 bridgehead atoms. The predicted molar refractivity (Wildman–Crippen MR) is 94.6 cm³/mol. The number of hydrogen-bond acceptors (Lipinski definition) is 5. The van der Waals surface area contributed by atoms with Crippen molar-refractivity contribution in [2.45, 2.75) is 18.0 Å². The predicted octanol–water partition coefficient (Wildman–Crippen LogP) is 3.14. The van der Waals surface area contributed by atoms with Crippen LogP contribution in [0.3, 0.4) is 0 Å². The van der Waals surface area contributed by atoms with E-state index in [1.807, 2.05) is 18.2 Å². The molecule has 25 heavy (non-hydrogen) atoms. The van der Waals surface area contributed by atoms with Gasteiger partial charge in [0.2, 0.25) is 0 Å². The summed E-state index contributed by atoms with van der Waals surface area (Å²) in [5, 5.41) is 3.23. The van der Waals surface area contributed by atoms with E-state index in [-0.39, 0.29) is 0 Å². The zero-order valence-electron chi connectivity index (χ0n) is 13.3. The van der Waals surface area contributed by atoms with Crippen molar-refractivity contribution in [3.63, 3.8) is 0 Å². The lowest BCUT2D eigenvalue weighted by Gasteiger charge is -2.11. The van der Waals surface area contributed by atoms with Crippen LogP contribution in [-0.2, 0) is 24.2 Å². The molecular formula is C18H17N3O3S. The Bertz CT molecular complexity index is 845. The summed E-state index contributed by atoms with van der Waals surface area (Å²) < 4.78 is 26.8. The molecule has 0 radical (unpaired) electrons. The minimum Gasteiger partial charge on any atom is -0.456 e. The molecule has 2 heterocycles. The van der Waals surface area contributed by atoms with Crippen molar-refractivity contribution in [3.8, 4) is 11.5 Å². The first-order chi connectivity index (χ1) is 12.2. The minimum absolute atomic E-state index is 0.354. The standard InChI is InChI=1S/C18H17N3O3S/c22-25(23)18-7-6-16(24-17-5-3-8-19-13-17)10-14(18)11-20-12-15-4-1-2-9-21-15/h1-10,13,20H,11-12H2,(H,22,23). The molecule has 1 unspecified atom stereocenters. The third kappa shape index (κ3) is 4.93. The molecule has 7 heteroatoms. The molecule has 2 aromatic heterocycles. The molecule has 0 spiro atoms. The second-order valence-corrected chi connectivity index (χ2v) is 6.17. The molecule has 6 nitrogen and oxygen atoms in total. The molecule has 1 aromatic carbocycles. The summed E-state index contributed by atoms with van der Waals surface area (Å²) >= 11 is -2.07. The van der Waals surface area contributed by atoms with Crippen LogP contribution in [0.25, 0.3) is 0 Å². The molecule has 0 amide bonds. The Morgan fingerprint density at radius 2 is 1.96 bits per heavy atom. The topological polar surface area (TPSA) is 84.3 Å². The van der Waals surface area contributed by atoms with Crippen LogP contribution in [0.15, 0.2) is 72.0 Å². The Morgan fingerprint density at radius 3 is 2.68 bits per heavy atom. The lowest BCUT2D eigenvalue weighted by Crippen LogP contribution is -2.15. The van der Waals surface area contributed by atoms with Gasteiger partial charge in [-0.2, -0.15) is 0 Å². The SMILES string of the molecule is O=S(O)c1ccc(Oc2cccnc2)cc1CNCc1ccccn1. The van der Waals surface area contributed by atoms with Crippen molar-refractivity contribution in [1.29, 1.82) is 0 Å². The van der Waals surface area contributed by atoms with E-state index in [2.05, 4.69) is 15.3 Å². The number of hydrogen-bond donors (Lipinski definition) is 2. The van der Waals surface area contributed by atoms with Gasteiger partial charge in [0.15, 0.2) is 11.1 Å². The summed E-state index contributed by atoms with van der Waals surface area (Å²) in [4.78, 5) is 8.59. The van der Waals surface area contributed by atoms with E-state index in [1.165, 1.54) is 0 Å². The van der Waals surface area contributed by atoms with E-state index >= 15 is 0 Å². The lowest BCUT2D eigenvalue weighted by molar-refractivity contribution is 0.478. The second-order valence-electron chi connectivity index (χ2n) is 5.23. The van der Waals surface area contributed by atoms with E-state index in [0.29, 0.717) is 35.0 Å². The van der Waals surface area contributed by atoms with Gasteiger partial charge in [-0.3, -0.25) is 9.97 Å². The number of ether oxygens (including phenoxy) is 1. The van der Waals surface area contributed by atoms with Crippen LogP contribution in [0.4, 0.5) is 0 Å². The summed E-state index contributed by atoms with van der Waals surface area (Å²) in [6, 6.07) is 14.3. The number of aromatic nitrogens is 2. The van der Waals surface area contributed by atoms with E-state index in [4.69, 9.17) is 4.74 Å². The van der Waals surface area contributed by atoms with Crippen molar-refractivity contribution < 1.29 is 13.5 Å². The Morgan fingerprint density at radius 1 is 1.04 bits per heavy atom. The van der Waals surface area contributed by atoms with Crippen LogP contribution >= 0.6 is 0 Å². The fourth-order valence-corrected chi connectivity index (χ4v) is 2.84. The third-order valence-electron chi connectivity index (χ3n) is 3.44. The Balaban J connectivity index is 1.73. The summed E-state index contributed by atoms with van der Waals surface area (Å²) in [5.41, 5.74) is 1.59. The first kappa shape index (κ1) is 17.2.